The maximum absolute atomic E-state index is 12.0. The molecule has 0 spiro atoms. The molecule has 1 aliphatic rings. The van der Waals surface area contributed by atoms with Gasteiger partial charge in [-0.1, -0.05) is 0 Å². The Bertz CT molecular complexity index is 336. The largest absolute Gasteiger partial charge is 0.331 e. The highest BCUT2D eigenvalue weighted by Gasteiger charge is 2.27. The van der Waals surface area contributed by atoms with Gasteiger partial charge in [0.05, 0.1) is 0 Å². The predicted octanol–water partition coefficient (Wildman–Crippen LogP) is -0.419. The highest BCUT2D eigenvalue weighted by molar-refractivity contribution is 5.90. The number of amides is 1. The maximum atomic E-state index is 12.0. The first-order chi connectivity index (χ1) is 7.18. The smallest absolute Gasteiger partial charge is 0.291 e. The molecule has 0 saturated carbocycles. The van der Waals surface area contributed by atoms with E-state index in [2.05, 4.69) is 27.1 Å². The molecule has 1 atom stereocenters. The molecule has 2 heterocycles. The van der Waals surface area contributed by atoms with Gasteiger partial charge in [-0.25, -0.2) is 4.98 Å². The summed E-state index contributed by atoms with van der Waals surface area (Å²) in [7, 11) is 2.06. The molecular weight excluding hydrogens is 194 g/mol. The number of piperazine rings is 1. The Balaban J connectivity index is 2.08. The van der Waals surface area contributed by atoms with Crippen molar-refractivity contribution in [2.75, 3.05) is 26.7 Å². The highest BCUT2D eigenvalue weighted by Crippen LogP contribution is 2.10. The van der Waals surface area contributed by atoms with Gasteiger partial charge in [0.1, 0.15) is 6.33 Å². The quantitative estimate of drug-likeness (QED) is 0.682. The molecule has 15 heavy (non-hydrogen) atoms. The first kappa shape index (κ1) is 10.1. The van der Waals surface area contributed by atoms with Crippen LogP contribution in [0.1, 0.15) is 17.5 Å². The number of likely N-dealkylation sites (N-methyl/N-ethyl adjacent to an activating group) is 1. The minimum Gasteiger partial charge on any atom is -0.331 e. The lowest BCUT2D eigenvalue weighted by Crippen LogP contribution is -2.52. The zero-order valence-electron chi connectivity index (χ0n) is 8.97. The number of aromatic nitrogens is 3. The first-order valence-corrected chi connectivity index (χ1v) is 5.03. The summed E-state index contributed by atoms with van der Waals surface area (Å²) in [6, 6.07) is 0.223. The van der Waals surface area contributed by atoms with Crippen molar-refractivity contribution in [2.24, 2.45) is 0 Å². The van der Waals surface area contributed by atoms with Crippen LogP contribution < -0.4 is 0 Å². The molecule has 1 aromatic rings. The van der Waals surface area contributed by atoms with E-state index in [0.717, 1.165) is 19.6 Å². The van der Waals surface area contributed by atoms with Crippen LogP contribution in [0.5, 0.6) is 0 Å². The molecule has 1 N–H and O–H groups in total. The molecule has 1 fully saturated rings. The van der Waals surface area contributed by atoms with E-state index in [0.29, 0.717) is 5.82 Å². The third-order valence-corrected chi connectivity index (χ3v) is 2.71. The van der Waals surface area contributed by atoms with Crippen molar-refractivity contribution in [2.45, 2.75) is 13.0 Å². The fourth-order valence-corrected chi connectivity index (χ4v) is 1.89. The van der Waals surface area contributed by atoms with Crippen molar-refractivity contribution in [3.8, 4) is 0 Å². The summed E-state index contributed by atoms with van der Waals surface area (Å²) in [6.45, 7) is 4.60. The van der Waals surface area contributed by atoms with Gasteiger partial charge in [-0.2, -0.15) is 5.10 Å². The zero-order chi connectivity index (χ0) is 10.8. The van der Waals surface area contributed by atoms with Gasteiger partial charge in [-0.15, -0.1) is 0 Å². The van der Waals surface area contributed by atoms with Crippen molar-refractivity contribution in [3.63, 3.8) is 0 Å². The number of hydrogen-bond acceptors (Lipinski definition) is 4. The molecule has 1 saturated heterocycles. The lowest BCUT2D eigenvalue weighted by Gasteiger charge is -2.37. The topological polar surface area (TPSA) is 65.1 Å². The van der Waals surface area contributed by atoms with E-state index in [1.165, 1.54) is 6.33 Å². The third-order valence-electron chi connectivity index (χ3n) is 2.71. The summed E-state index contributed by atoms with van der Waals surface area (Å²) in [4.78, 5) is 19.9. The first-order valence-electron chi connectivity index (χ1n) is 5.03. The average Bonchev–Trinajstić information content (AvgIpc) is 2.69. The number of carbonyl (C=O) groups excluding carboxylic acids is 1. The third kappa shape index (κ3) is 1.99. The van der Waals surface area contributed by atoms with Crippen LogP contribution in [0, 0.1) is 0 Å². The Morgan fingerprint density at radius 2 is 2.40 bits per heavy atom. The van der Waals surface area contributed by atoms with Gasteiger partial charge < -0.3 is 9.80 Å². The van der Waals surface area contributed by atoms with Crippen molar-refractivity contribution in [3.05, 3.63) is 12.2 Å². The molecule has 0 radical (unpaired) electrons. The van der Waals surface area contributed by atoms with Gasteiger partial charge >= 0.3 is 0 Å². The molecule has 1 unspecified atom stereocenters. The van der Waals surface area contributed by atoms with Crippen LogP contribution in [0.2, 0.25) is 0 Å². The van der Waals surface area contributed by atoms with Crippen LogP contribution in [0.25, 0.3) is 0 Å². The second-order valence-electron chi connectivity index (χ2n) is 3.94. The summed E-state index contributed by atoms with van der Waals surface area (Å²) >= 11 is 0. The monoisotopic (exact) mass is 209 g/mol. The van der Waals surface area contributed by atoms with Crippen LogP contribution in [0.3, 0.4) is 0 Å². The van der Waals surface area contributed by atoms with Gasteiger partial charge in [0.25, 0.3) is 5.91 Å². The number of nitrogens with zero attached hydrogens (tertiary/aromatic N) is 4. The zero-order valence-corrected chi connectivity index (χ0v) is 8.97. The number of H-pyrrole nitrogens is 1. The number of hydrogen-bond donors (Lipinski definition) is 1. The second kappa shape index (κ2) is 3.98. The van der Waals surface area contributed by atoms with Gasteiger partial charge in [0, 0.05) is 25.7 Å². The van der Waals surface area contributed by atoms with E-state index in [4.69, 9.17) is 0 Å². The summed E-state index contributed by atoms with van der Waals surface area (Å²) in [5.74, 6) is 0.263. The van der Waals surface area contributed by atoms with Crippen LogP contribution in [0.15, 0.2) is 6.33 Å². The lowest BCUT2D eigenvalue weighted by atomic mass is 10.2. The van der Waals surface area contributed by atoms with Crippen LogP contribution in [0.4, 0.5) is 0 Å². The fourth-order valence-electron chi connectivity index (χ4n) is 1.89. The minimum atomic E-state index is -0.0619. The average molecular weight is 209 g/mol. The molecule has 1 aromatic heterocycles. The molecule has 6 nitrogen and oxygen atoms in total. The normalized spacial score (nSPS) is 23.1. The number of rotatable bonds is 1. The highest BCUT2D eigenvalue weighted by atomic mass is 16.2. The molecule has 0 bridgehead atoms. The molecule has 82 valence electrons. The maximum Gasteiger partial charge on any atom is 0.291 e. The Morgan fingerprint density at radius 1 is 1.60 bits per heavy atom. The second-order valence-corrected chi connectivity index (χ2v) is 3.94. The van der Waals surface area contributed by atoms with E-state index in [1.54, 1.807) is 0 Å². The van der Waals surface area contributed by atoms with E-state index in [9.17, 15) is 4.79 Å². The van der Waals surface area contributed by atoms with Crippen molar-refractivity contribution in [1.29, 1.82) is 0 Å². The van der Waals surface area contributed by atoms with Gasteiger partial charge in [-0.05, 0) is 14.0 Å². The summed E-state index contributed by atoms with van der Waals surface area (Å²) in [5, 5.41) is 6.28. The molecule has 6 heteroatoms. The van der Waals surface area contributed by atoms with Gasteiger partial charge in [0.15, 0.2) is 0 Å². The lowest BCUT2D eigenvalue weighted by molar-refractivity contribution is 0.0522. The SMILES string of the molecule is CC1CN(C)CCN1C(=O)c1ncn[nH]1. The molecule has 1 amide bonds. The van der Waals surface area contributed by atoms with E-state index >= 15 is 0 Å². The molecule has 0 aromatic carbocycles. The van der Waals surface area contributed by atoms with Gasteiger partial charge in [0.2, 0.25) is 5.82 Å². The van der Waals surface area contributed by atoms with Crippen LogP contribution in [-0.2, 0) is 0 Å². The Labute approximate surface area is 88.3 Å². The minimum absolute atomic E-state index is 0.0619. The Morgan fingerprint density at radius 3 is 3.00 bits per heavy atom. The number of nitrogens with one attached hydrogen (secondary N) is 1. The van der Waals surface area contributed by atoms with E-state index < -0.39 is 0 Å². The Hall–Kier alpha value is -1.43. The molecule has 0 aliphatic carbocycles. The summed E-state index contributed by atoms with van der Waals surface area (Å²) in [5.41, 5.74) is 0. The summed E-state index contributed by atoms with van der Waals surface area (Å²) in [6.07, 6.45) is 1.36. The molecule has 2 rings (SSSR count). The Kier molecular flexibility index (Phi) is 2.68. The predicted molar refractivity (Wildman–Crippen MR) is 54.4 cm³/mol. The summed E-state index contributed by atoms with van der Waals surface area (Å²) < 4.78 is 0. The standard InChI is InChI=1S/C9H15N5O/c1-7-5-13(2)3-4-14(7)9(15)8-10-6-11-12-8/h6-7H,3-5H2,1-2H3,(H,10,11,12). The van der Waals surface area contributed by atoms with Gasteiger partial charge in [-0.3, -0.25) is 9.89 Å². The molecular formula is C9H15N5O. The fraction of sp³-hybridized carbons (Fsp3) is 0.667. The van der Waals surface area contributed by atoms with E-state index in [1.807, 2.05) is 11.8 Å². The van der Waals surface area contributed by atoms with Crippen molar-refractivity contribution >= 4 is 5.91 Å². The van der Waals surface area contributed by atoms with Crippen molar-refractivity contribution in [1.82, 2.24) is 25.0 Å². The van der Waals surface area contributed by atoms with Crippen LogP contribution in [-0.4, -0.2) is 63.6 Å². The number of aromatic amines is 1. The van der Waals surface area contributed by atoms with E-state index in [-0.39, 0.29) is 11.9 Å². The van der Waals surface area contributed by atoms with Crippen LogP contribution >= 0.6 is 0 Å². The number of carbonyl (C=O) groups is 1. The van der Waals surface area contributed by atoms with Crippen molar-refractivity contribution < 1.29 is 4.79 Å². The molecule has 1 aliphatic heterocycles.